The van der Waals surface area contributed by atoms with E-state index in [4.69, 9.17) is 4.74 Å². The zero-order chi connectivity index (χ0) is 19.0. The first-order valence-corrected chi connectivity index (χ1v) is 10.6. The summed E-state index contributed by atoms with van der Waals surface area (Å²) in [5, 5.41) is 2.77. The molecule has 2 aromatic carbocycles. The fourth-order valence-electron chi connectivity index (χ4n) is 3.59. The minimum Gasteiger partial charge on any atom is -0.490 e. The lowest BCUT2D eigenvalue weighted by molar-refractivity contribution is -0.116. The molecule has 0 saturated heterocycles. The number of anilines is 2. The van der Waals surface area contributed by atoms with Crippen LogP contribution >= 0.6 is 0 Å². The van der Waals surface area contributed by atoms with Crippen molar-refractivity contribution in [2.45, 2.75) is 49.5 Å². The number of amides is 1. The van der Waals surface area contributed by atoms with Crippen LogP contribution in [0, 0.1) is 0 Å². The molecule has 2 aromatic rings. The zero-order valence-corrected chi connectivity index (χ0v) is 15.9. The number of carbonyl (C=O) groups excluding carboxylic acids is 1. The molecule has 1 atom stereocenters. The Morgan fingerprint density at radius 2 is 1.78 bits per heavy atom. The Bertz CT molecular complexity index is 964. The normalized spacial score (nSPS) is 19.6. The molecule has 1 heterocycles. The van der Waals surface area contributed by atoms with Crippen LogP contribution in [0.2, 0.25) is 0 Å². The smallest absolute Gasteiger partial charge is 0.261 e. The van der Waals surface area contributed by atoms with Gasteiger partial charge < -0.3 is 10.1 Å². The van der Waals surface area contributed by atoms with E-state index in [1.165, 1.54) is 12.8 Å². The lowest BCUT2D eigenvalue weighted by atomic mass is 10.0. The highest BCUT2D eigenvalue weighted by Crippen LogP contribution is 2.34. The molecule has 4 rings (SSSR count). The minimum atomic E-state index is -3.72. The molecular weight excluding hydrogens is 364 g/mol. The molecule has 7 heteroatoms. The van der Waals surface area contributed by atoms with Crippen molar-refractivity contribution >= 4 is 27.3 Å². The van der Waals surface area contributed by atoms with Crippen molar-refractivity contribution in [2.75, 3.05) is 10.0 Å². The van der Waals surface area contributed by atoms with E-state index in [0.29, 0.717) is 11.4 Å². The van der Waals surface area contributed by atoms with Crippen LogP contribution in [0.4, 0.5) is 11.4 Å². The Labute approximate surface area is 159 Å². The summed E-state index contributed by atoms with van der Waals surface area (Å²) in [4.78, 5) is 11.9. The van der Waals surface area contributed by atoms with E-state index >= 15 is 0 Å². The fraction of sp³-hybridized carbons (Fsp3) is 0.350. The number of fused-ring (bicyclic) bond motifs is 1. The van der Waals surface area contributed by atoms with Crippen LogP contribution in [0.25, 0.3) is 0 Å². The van der Waals surface area contributed by atoms with Crippen LogP contribution in [-0.2, 0) is 14.8 Å². The van der Waals surface area contributed by atoms with Gasteiger partial charge in [0.1, 0.15) is 5.75 Å². The maximum atomic E-state index is 12.7. The molecule has 0 spiro atoms. The van der Waals surface area contributed by atoms with Gasteiger partial charge in [-0.25, -0.2) is 8.42 Å². The molecule has 0 aromatic heterocycles. The van der Waals surface area contributed by atoms with Gasteiger partial charge in [0.2, 0.25) is 5.91 Å². The molecule has 1 aliphatic carbocycles. The van der Waals surface area contributed by atoms with Gasteiger partial charge in [-0.3, -0.25) is 9.52 Å². The quantitative estimate of drug-likeness (QED) is 0.817. The van der Waals surface area contributed by atoms with Gasteiger partial charge in [0.25, 0.3) is 10.0 Å². The van der Waals surface area contributed by atoms with Crippen LogP contribution in [0.1, 0.15) is 44.1 Å². The van der Waals surface area contributed by atoms with Gasteiger partial charge in [-0.15, -0.1) is 0 Å². The van der Waals surface area contributed by atoms with Gasteiger partial charge >= 0.3 is 0 Å². The summed E-state index contributed by atoms with van der Waals surface area (Å²) >= 11 is 0. The average Bonchev–Trinajstić information content (AvgIpc) is 3.24. The number of nitrogens with one attached hydrogen (secondary N) is 2. The predicted molar refractivity (Wildman–Crippen MR) is 104 cm³/mol. The minimum absolute atomic E-state index is 0.0807. The van der Waals surface area contributed by atoms with E-state index in [1.54, 1.807) is 49.4 Å². The van der Waals surface area contributed by atoms with Crippen molar-refractivity contribution in [3.63, 3.8) is 0 Å². The van der Waals surface area contributed by atoms with Crippen LogP contribution in [0.5, 0.6) is 5.75 Å². The van der Waals surface area contributed by atoms with Crippen LogP contribution < -0.4 is 14.8 Å². The summed E-state index contributed by atoms with van der Waals surface area (Å²) in [5.41, 5.74) is 1.95. The Morgan fingerprint density at radius 3 is 2.48 bits per heavy atom. The summed E-state index contributed by atoms with van der Waals surface area (Å²) in [6.07, 6.45) is 4.70. The monoisotopic (exact) mass is 386 g/mol. The largest absolute Gasteiger partial charge is 0.490 e. The molecular formula is C20H22N2O4S. The van der Waals surface area contributed by atoms with E-state index < -0.39 is 10.0 Å². The summed E-state index contributed by atoms with van der Waals surface area (Å²) in [5.74, 6) is 0.316. The van der Waals surface area contributed by atoms with Gasteiger partial charge in [-0.2, -0.15) is 0 Å². The van der Waals surface area contributed by atoms with Gasteiger partial charge in [0.15, 0.2) is 0 Å². The second-order valence-electron chi connectivity index (χ2n) is 7.11. The molecule has 1 unspecified atom stereocenters. The predicted octanol–water partition coefficient (Wildman–Crippen LogP) is 3.86. The van der Waals surface area contributed by atoms with Crippen molar-refractivity contribution in [1.29, 1.82) is 0 Å². The number of hydrogen-bond acceptors (Lipinski definition) is 4. The van der Waals surface area contributed by atoms with Crippen LogP contribution in [-0.4, -0.2) is 20.4 Å². The second-order valence-corrected chi connectivity index (χ2v) is 8.80. The first-order valence-electron chi connectivity index (χ1n) is 9.17. The number of benzene rings is 2. The number of rotatable bonds is 5. The maximum Gasteiger partial charge on any atom is 0.261 e. The first-order chi connectivity index (χ1) is 12.9. The van der Waals surface area contributed by atoms with Crippen molar-refractivity contribution in [2.24, 2.45) is 0 Å². The highest BCUT2D eigenvalue weighted by Gasteiger charge is 2.27. The first kappa shape index (κ1) is 17.9. The van der Waals surface area contributed by atoms with E-state index in [2.05, 4.69) is 10.0 Å². The summed E-state index contributed by atoms with van der Waals surface area (Å²) in [7, 11) is -3.72. The summed E-state index contributed by atoms with van der Waals surface area (Å²) < 4.78 is 33.8. The molecule has 27 heavy (non-hydrogen) atoms. The highest BCUT2D eigenvalue weighted by atomic mass is 32.2. The Hall–Kier alpha value is -2.54. The molecule has 0 radical (unpaired) electrons. The van der Waals surface area contributed by atoms with E-state index in [0.717, 1.165) is 24.1 Å². The third-order valence-electron chi connectivity index (χ3n) is 5.16. The Balaban J connectivity index is 1.49. The van der Waals surface area contributed by atoms with Crippen LogP contribution in [0.15, 0.2) is 47.4 Å². The molecule has 6 nitrogen and oxygen atoms in total. The highest BCUT2D eigenvalue weighted by molar-refractivity contribution is 7.92. The number of sulfonamides is 1. The summed E-state index contributed by atoms with van der Waals surface area (Å²) in [6, 6.07) is 11.5. The van der Waals surface area contributed by atoms with Crippen molar-refractivity contribution < 1.29 is 17.9 Å². The van der Waals surface area contributed by atoms with Crippen LogP contribution in [0.3, 0.4) is 0 Å². The molecule has 2 aliphatic rings. The van der Waals surface area contributed by atoms with E-state index in [-0.39, 0.29) is 22.8 Å². The Kier molecular flexibility index (Phi) is 4.55. The Morgan fingerprint density at radius 1 is 1.07 bits per heavy atom. The van der Waals surface area contributed by atoms with E-state index in [9.17, 15) is 13.2 Å². The number of hydrogen-bond donors (Lipinski definition) is 2. The molecule has 2 N–H and O–H groups in total. The number of ether oxygens (including phenoxy) is 1. The lowest BCUT2D eigenvalue weighted by Crippen LogP contribution is -2.14. The topological polar surface area (TPSA) is 84.5 Å². The average molecular weight is 386 g/mol. The van der Waals surface area contributed by atoms with Gasteiger partial charge in [0.05, 0.1) is 16.9 Å². The van der Waals surface area contributed by atoms with Gasteiger partial charge in [-0.1, -0.05) is 0 Å². The van der Waals surface area contributed by atoms with Crippen molar-refractivity contribution in [3.8, 4) is 5.75 Å². The second kappa shape index (κ2) is 6.88. The molecule has 142 valence electrons. The molecule has 0 bridgehead atoms. The fourth-order valence-corrected chi connectivity index (χ4v) is 4.64. The zero-order valence-electron chi connectivity index (χ0n) is 15.1. The molecule has 1 saturated carbocycles. The van der Waals surface area contributed by atoms with Gasteiger partial charge in [0, 0.05) is 11.4 Å². The lowest BCUT2D eigenvalue weighted by Gasteiger charge is -2.14. The third-order valence-corrected chi connectivity index (χ3v) is 6.56. The van der Waals surface area contributed by atoms with Crippen molar-refractivity contribution in [3.05, 3.63) is 48.0 Å². The van der Waals surface area contributed by atoms with Crippen molar-refractivity contribution in [1.82, 2.24) is 0 Å². The molecule has 1 fully saturated rings. The standard InChI is InChI=1S/C20H22N2O4S/c1-13-18-12-14(6-11-19(18)21-20(13)23)22-27(24,25)17-9-7-16(8-10-17)26-15-4-2-3-5-15/h6-13,15,22H,2-5H2,1H3,(H,21,23). The number of carbonyl (C=O) groups is 1. The maximum absolute atomic E-state index is 12.7. The third kappa shape index (κ3) is 3.64. The molecule has 1 amide bonds. The van der Waals surface area contributed by atoms with Gasteiger partial charge in [-0.05, 0) is 80.6 Å². The SMILES string of the molecule is CC1C(=O)Nc2ccc(NS(=O)(=O)c3ccc(OC4CCCC4)cc3)cc21. The van der Waals surface area contributed by atoms with E-state index in [1.807, 2.05) is 0 Å². The molecule has 1 aliphatic heterocycles. The summed E-state index contributed by atoms with van der Waals surface area (Å²) in [6.45, 7) is 1.79.